The lowest BCUT2D eigenvalue weighted by molar-refractivity contribution is 0.316. The maximum absolute atomic E-state index is 9.21. The Morgan fingerprint density at radius 3 is 2.45 bits per heavy atom. The van der Waals surface area contributed by atoms with Gasteiger partial charge in [0.25, 0.3) is 0 Å². The molecule has 0 atom stereocenters. The van der Waals surface area contributed by atoms with Crippen LogP contribution in [0.1, 0.15) is 32.3 Å². The lowest BCUT2D eigenvalue weighted by Gasteiger charge is -2.13. The molecule has 0 saturated heterocycles. The standard InChI is InChI=1S/C18H21NO3/c1-3-8-17(19-20)16-12-11-15(13-18(16)21-4-2)22-14-9-6-5-7-10-14/h5-7,9-13,20H,3-4,8H2,1-2H3. The maximum atomic E-state index is 9.21. The average Bonchev–Trinajstić information content (AvgIpc) is 2.55. The molecule has 0 aliphatic heterocycles. The molecule has 0 unspecified atom stereocenters. The van der Waals surface area contributed by atoms with Crippen LogP contribution in [-0.4, -0.2) is 17.5 Å². The van der Waals surface area contributed by atoms with Gasteiger partial charge in [-0.05, 0) is 37.6 Å². The van der Waals surface area contributed by atoms with E-state index in [1.807, 2.05) is 62.4 Å². The van der Waals surface area contributed by atoms with Gasteiger partial charge in [0, 0.05) is 11.6 Å². The maximum Gasteiger partial charge on any atom is 0.132 e. The van der Waals surface area contributed by atoms with Crippen LogP contribution in [0.25, 0.3) is 0 Å². The molecule has 4 nitrogen and oxygen atoms in total. The Morgan fingerprint density at radius 2 is 1.82 bits per heavy atom. The minimum Gasteiger partial charge on any atom is -0.493 e. The number of nitrogens with zero attached hydrogens (tertiary/aromatic N) is 1. The normalized spacial score (nSPS) is 11.3. The van der Waals surface area contributed by atoms with Crippen LogP contribution >= 0.6 is 0 Å². The Morgan fingerprint density at radius 1 is 1.05 bits per heavy atom. The molecule has 2 rings (SSSR count). The topological polar surface area (TPSA) is 51.1 Å². The fourth-order valence-electron chi connectivity index (χ4n) is 2.18. The van der Waals surface area contributed by atoms with E-state index in [0.29, 0.717) is 30.2 Å². The van der Waals surface area contributed by atoms with E-state index in [1.54, 1.807) is 0 Å². The van der Waals surface area contributed by atoms with E-state index >= 15 is 0 Å². The highest BCUT2D eigenvalue weighted by atomic mass is 16.5. The van der Waals surface area contributed by atoms with Gasteiger partial charge in [0.05, 0.1) is 12.3 Å². The van der Waals surface area contributed by atoms with Gasteiger partial charge in [-0.25, -0.2) is 0 Å². The molecule has 0 bridgehead atoms. The van der Waals surface area contributed by atoms with Gasteiger partial charge < -0.3 is 14.7 Å². The first-order chi connectivity index (χ1) is 10.8. The molecule has 0 radical (unpaired) electrons. The lowest BCUT2D eigenvalue weighted by Crippen LogP contribution is -2.05. The Bertz CT molecular complexity index is 623. The van der Waals surface area contributed by atoms with Crippen LogP contribution < -0.4 is 9.47 Å². The van der Waals surface area contributed by atoms with Crippen molar-refractivity contribution in [2.75, 3.05) is 6.61 Å². The third kappa shape index (κ3) is 4.01. The zero-order valence-electron chi connectivity index (χ0n) is 13.0. The summed E-state index contributed by atoms with van der Waals surface area (Å²) in [5.41, 5.74) is 1.42. The fourth-order valence-corrected chi connectivity index (χ4v) is 2.18. The van der Waals surface area contributed by atoms with E-state index in [0.717, 1.165) is 17.7 Å². The number of hydrogen-bond acceptors (Lipinski definition) is 4. The number of rotatable bonds is 7. The van der Waals surface area contributed by atoms with Crippen molar-refractivity contribution in [1.82, 2.24) is 0 Å². The van der Waals surface area contributed by atoms with Crippen molar-refractivity contribution in [1.29, 1.82) is 0 Å². The second kappa shape index (κ2) is 8.08. The summed E-state index contributed by atoms with van der Waals surface area (Å²) in [6, 6.07) is 15.1. The molecule has 0 aromatic heterocycles. The van der Waals surface area contributed by atoms with Gasteiger partial charge in [0.2, 0.25) is 0 Å². The summed E-state index contributed by atoms with van der Waals surface area (Å²) in [6.07, 6.45) is 1.59. The van der Waals surface area contributed by atoms with Gasteiger partial charge in [0.15, 0.2) is 0 Å². The third-order valence-corrected chi connectivity index (χ3v) is 3.15. The Kier molecular flexibility index (Phi) is 5.83. The second-order valence-corrected chi connectivity index (χ2v) is 4.80. The first-order valence-electron chi connectivity index (χ1n) is 7.49. The van der Waals surface area contributed by atoms with Crippen LogP contribution in [0.15, 0.2) is 53.7 Å². The molecule has 116 valence electrons. The van der Waals surface area contributed by atoms with Gasteiger partial charge in [-0.15, -0.1) is 0 Å². The fraction of sp³-hybridized carbons (Fsp3) is 0.278. The smallest absolute Gasteiger partial charge is 0.132 e. The monoisotopic (exact) mass is 299 g/mol. The first kappa shape index (κ1) is 15.9. The van der Waals surface area contributed by atoms with Crippen molar-refractivity contribution in [3.8, 4) is 17.2 Å². The number of para-hydroxylation sites is 1. The van der Waals surface area contributed by atoms with E-state index in [4.69, 9.17) is 9.47 Å². The summed E-state index contributed by atoms with van der Waals surface area (Å²) >= 11 is 0. The molecule has 1 N–H and O–H groups in total. The summed E-state index contributed by atoms with van der Waals surface area (Å²) in [6.45, 7) is 4.50. The summed E-state index contributed by atoms with van der Waals surface area (Å²) in [5.74, 6) is 2.12. The summed E-state index contributed by atoms with van der Waals surface area (Å²) in [4.78, 5) is 0. The van der Waals surface area contributed by atoms with Crippen LogP contribution in [-0.2, 0) is 0 Å². The molecule has 0 aliphatic carbocycles. The van der Waals surface area contributed by atoms with E-state index in [1.165, 1.54) is 0 Å². The molecular weight excluding hydrogens is 278 g/mol. The first-order valence-corrected chi connectivity index (χ1v) is 7.49. The highest BCUT2D eigenvalue weighted by Gasteiger charge is 2.12. The van der Waals surface area contributed by atoms with Gasteiger partial charge in [-0.3, -0.25) is 0 Å². The Balaban J connectivity index is 2.30. The number of hydrogen-bond donors (Lipinski definition) is 1. The average molecular weight is 299 g/mol. The van der Waals surface area contributed by atoms with Crippen LogP contribution in [0.3, 0.4) is 0 Å². The molecule has 0 spiro atoms. The van der Waals surface area contributed by atoms with Crippen LogP contribution in [0.4, 0.5) is 0 Å². The molecule has 2 aromatic rings. The van der Waals surface area contributed by atoms with Crippen molar-refractivity contribution in [2.45, 2.75) is 26.7 Å². The number of oxime groups is 1. The molecule has 0 aliphatic rings. The second-order valence-electron chi connectivity index (χ2n) is 4.80. The SMILES string of the molecule is CCCC(=NO)c1ccc(Oc2ccccc2)cc1OCC. The molecule has 22 heavy (non-hydrogen) atoms. The highest BCUT2D eigenvalue weighted by Crippen LogP contribution is 2.29. The summed E-state index contributed by atoms with van der Waals surface area (Å²) in [7, 11) is 0. The van der Waals surface area contributed by atoms with Crippen molar-refractivity contribution >= 4 is 5.71 Å². The van der Waals surface area contributed by atoms with Crippen LogP contribution in [0, 0.1) is 0 Å². The Hall–Kier alpha value is -2.49. The Labute approximate surface area is 131 Å². The summed E-state index contributed by atoms with van der Waals surface area (Å²) in [5, 5.41) is 12.6. The zero-order chi connectivity index (χ0) is 15.8. The molecule has 0 heterocycles. The molecule has 0 fully saturated rings. The van der Waals surface area contributed by atoms with E-state index in [9.17, 15) is 5.21 Å². The van der Waals surface area contributed by atoms with Crippen molar-refractivity contribution in [3.63, 3.8) is 0 Å². The number of benzene rings is 2. The van der Waals surface area contributed by atoms with Gasteiger partial charge in [0.1, 0.15) is 17.2 Å². The largest absolute Gasteiger partial charge is 0.493 e. The highest BCUT2D eigenvalue weighted by molar-refractivity contribution is 6.02. The van der Waals surface area contributed by atoms with E-state index in [-0.39, 0.29) is 0 Å². The van der Waals surface area contributed by atoms with Crippen LogP contribution in [0.5, 0.6) is 17.2 Å². The predicted molar refractivity (Wildman–Crippen MR) is 87.4 cm³/mol. The third-order valence-electron chi connectivity index (χ3n) is 3.15. The molecule has 0 saturated carbocycles. The minimum atomic E-state index is 0.534. The van der Waals surface area contributed by atoms with Gasteiger partial charge in [-0.1, -0.05) is 36.7 Å². The van der Waals surface area contributed by atoms with E-state index in [2.05, 4.69) is 5.16 Å². The van der Waals surface area contributed by atoms with Gasteiger partial charge >= 0.3 is 0 Å². The molecule has 2 aromatic carbocycles. The quantitative estimate of drug-likeness (QED) is 0.451. The van der Waals surface area contributed by atoms with Crippen LogP contribution in [0.2, 0.25) is 0 Å². The van der Waals surface area contributed by atoms with Crippen molar-refractivity contribution in [3.05, 3.63) is 54.1 Å². The lowest BCUT2D eigenvalue weighted by atomic mass is 10.0. The minimum absolute atomic E-state index is 0.534. The van der Waals surface area contributed by atoms with E-state index < -0.39 is 0 Å². The molecular formula is C18H21NO3. The molecule has 0 amide bonds. The number of ether oxygens (including phenoxy) is 2. The van der Waals surface area contributed by atoms with Crippen molar-refractivity contribution < 1.29 is 14.7 Å². The zero-order valence-corrected chi connectivity index (χ0v) is 13.0. The van der Waals surface area contributed by atoms with Gasteiger partial charge in [-0.2, -0.15) is 0 Å². The summed E-state index contributed by atoms with van der Waals surface area (Å²) < 4.78 is 11.5. The predicted octanol–water partition coefficient (Wildman–Crippen LogP) is 4.86. The van der Waals surface area contributed by atoms with Crippen molar-refractivity contribution in [2.24, 2.45) is 5.16 Å². The molecule has 4 heteroatoms.